The molecule has 27 heavy (non-hydrogen) atoms. The van der Waals surface area contributed by atoms with Crippen molar-refractivity contribution < 1.29 is 14.3 Å². The summed E-state index contributed by atoms with van der Waals surface area (Å²) in [6.07, 6.45) is 7.67. The van der Waals surface area contributed by atoms with E-state index in [2.05, 4.69) is 25.1 Å². The Balaban J connectivity index is 1.57. The van der Waals surface area contributed by atoms with Crippen LogP contribution in [0.3, 0.4) is 0 Å². The maximum atomic E-state index is 12.0. The van der Waals surface area contributed by atoms with Crippen LogP contribution < -0.4 is 10.5 Å². The van der Waals surface area contributed by atoms with Gasteiger partial charge in [0.05, 0.1) is 7.11 Å². The first-order valence-corrected chi connectivity index (χ1v) is 10.5. The second-order valence-electron chi connectivity index (χ2n) is 9.64. The molecular formula is C23H31NO3. The van der Waals surface area contributed by atoms with Gasteiger partial charge in [-0.05, 0) is 85.5 Å². The zero-order valence-electron chi connectivity index (χ0n) is 16.7. The van der Waals surface area contributed by atoms with E-state index in [0.717, 1.165) is 44.3 Å². The van der Waals surface area contributed by atoms with E-state index in [0.29, 0.717) is 11.8 Å². The SMILES string of the molecule is COc1ccc2c(c1)CC[C@@H]1[C@@H]2CC[C@@]2(C)[C@]13CC[C@]2(OC(C)=O)[C@H](N)C3. The topological polar surface area (TPSA) is 61.5 Å². The van der Waals surface area contributed by atoms with Gasteiger partial charge in [0.25, 0.3) is 0 Å². The van der Waals surface area contributed by atoms with E-state index in [1.807, 2.05) is 0 Å². The van der Waals surface area contributed by atoms with Crippen LogP contribution in [-0.4, -0.2) is 24.7 Å². The maximum absolute atomic E-state index is 12.0. The summed E-state index contributed by atoms with van der Waals surface area (Å²) >= 11 is 0. The van der Waals surface area contributed by atoms with E-state index in [1.54, 1.807) is 14.0 Å². The highest BCUT2D eigenvalue weighted by molar-refractivity contribution is 5.67. The summed E-state index contributed by atoms with van der Waals surface area (Å²) in [4.78, 5) is 12.0. The summed E-state index contributed by atoms with van der Waals surface area (Å²) in [5.74, 6) is 2.03. The summed E-state index contributed by atoms with van der Waals surface area (Å²) in [6, 6.07) is 6.62. The van der Waals surface area contributed by atoms with Gasteiger partial charge in [-0.25, -0.2) is 0 Å². The molecule has 0 aliphatic heterocycles. The molecule has 4 aliphatic rings. The van der Waals surface area contributed by atoms with Gasteiger partial charge < -0.3 is 15.2 Å². The number of benzene rings is 1. The average Bonchev–Trinajstić information content (AvgIpc) is 3.00. The molecule has 2 bridgehead atoms. The predicted molar refractivity (Wildman–Crippen MR) is 104 cm³/mol. The quantitative estimate of drug-likeness (QED) is 0.802. The number of aryl methyl sites for hydroxylation is 1. The summed E-state index contributed by atoms with van der Waals surface area (Å²) in [6.45, 7) is 3.93. The number of hydrogen-bond acceptors (Lipinski definition) is 4. The number of esters is 1. The lowest BCUT2D eigenvalue weighted by Gasteiger charge is -2.56. The van der Waals surface area contributed by atoms with E-state index in [1.165, 1.54) is 17.5 Å². The van der Waals surface area contributed by atoms with Crippen LogP contribution in [0.5, 0.6) is 5.75 Å². The summed E-state index contributed by atoms with van der Waals surface area (Å²) in [7, 11) is 1.74. The van der Waals surface area contributed by atoms with Crippen molar-refractivity contribution in [1.29, 1.82) is 0 Å². The average molecular weight is 370 g/mol. The number of carbonyl (C=O) groups excluding carboxylic acids is 1. The predicted octanol–water partition coefficient (Wildman–Crippen LogP) is 3.95. The van der Waals surface area contributed by atoms with Gasteiger partial charge in [0.2, 0.25) is 0 Å². The highest BCUT2D eigenvalue weighted by atomic mass is 16.6. The molecule has 1 aromatic carbocycles. The van der Waals surface area contributed by atoms with Gasteiger partial charge in [-0.15, -0.1) is 0 Å². The van der Waals surface area contributed by atoms with Gasteiger partial charge >= 0.3 is 5.97 Å². The van der Waals surface area contributed by atoms with Gasteiger partial charge in [0.15, 0.2) is 0 Å². The Morgan fingerprint density at radius 3 is 2.74 bits per heavy atom. The third-order valence-electron chi connectivity index (χ3n) is 9.11. The molecule has 0 aromatic heterocycles. The molecule has 6 atom stereocenters. The fraction of sp³-hybridized carbons (Fsp3) is 0.696. The lowest BCUT2D eigenvalue weighted by Crippen LogP contribution is -2.56. The third kappa shape index (κ3) is 1.95. The first-order valence-electron chi connectivity index (χ1n) is 10.5. The molecule has 0 amide bonds. The molecular weight excluding hydrogens is 338 g/mol. The number of fused-ring (bicyclic) bond motifs is 3. The molecule has 0 unspecified atom stereocenters. The van der Waals surface area contributed by atoms with Crippen LogP contribution in [0.15, 0.2) is 18.2 Å². The minimum absolute atomic E-state index is 0.0101. The van der Waals surface area contributed by atoms with Crippen molar-refractivity contribution >= 4 is 5.97 Å². The molecule has 146 valence electrons. The minimum atomic E-state index is -0.454. The summed E-state index contributed by atoms with van der Waals surface area (Å²) < 4.78 is 11.5. The fourth-order valence-electron chi connectivity index (χ4n) is 8.04. The lowest BCUT2D eigenvalue weighted by atomic mass is 9.48. The smallest absolute Gasteiger partial charge is 0.303 e. The van der Waals surface area contributed by atoms with Gasteiger partial charge in [-0.2, -0.15) is 0 Å². The van der Waals surface area contributed by atoms with Gasteiger partial charge in [-0.3, -0.25) is 4.79 Å². The van der Waals surface area contributed by atoms with Gasteiger partial charge in [-0.1, -0.05) is 13.0 Å². The van der Waals surface area contributed by atoms with E-state index >= 15 is 0 Å². The highest BCUT2D eigenvalue weighted by Crippen LogP contribution is 2.78. The van der Waals surface area contributed by atoms with Crippen molar-refractivity contribution in [3.05, 3.63) is 29.3 Å². The second-order valence-corrected chi connectivity index (χ2v) is 9.64. The van der Waals surface area contributed by atoms with Gasteiger partial charge in [0, 0.05) is 18.4 Å². The summed E-state index contributed by atoms with van der Waals surface area (Å²) in [5.41, 5.74) is 9.45. The monoisotopic (exact) mass is 369 g/mol. The molecule has 4 aliphatic carbocycles. The second kappa shape index (κ2) is 5.50. The number of nitrogens with two attached hydrogens (primary N) is 1. The molecule has 0 spiro atoms. The van der Waals surface area contributed by atoms with Crippen LogP contribution in [-0.2, 0) is 16.0 Å². The Labute approximate surface area is 161 Å². The van der Waals surface area contributed by atoms with Crippen molar-refractivity contribution in [3.8, 4) is 5.75 Å². The van der Waals surface area contributed by atoms with E-state index in [-0.39, 0.29) is 22.8 Å². The fourth-order valence-corrected chi connectivity index (χ4v) is 8.04. The normalized spacial score (nSPS) is 44.2. The zero-order chi connectivity index (χ0) is 19.0. The number of rotatable bonds is 2. The molecule has 4 heteroatoms. The molecule has 1 aromatic rings. The first-order chi connectivity index (χ1) is 12.9. The zero-order valence-corrected chi connectivity index (χ0v) is 16.7. The standard InChI is InChI=1S/C23H31NO3/c1-14(25)27-23-11-10-22(13-20(23)24)19-7-4-15-12-16(26-3)5-6-17(15)18(19)8-9-21(22,23)2/h5-6,12,18-20H,4,7-11,13,24H2,1-3H3/t18-,19-,20-,21+,22+,23+/m1/s1. The maximum Gasteiger partial charge on any atom is 0.303 e. The van der Waals surface area contributed by atoms with E-state index in [4.69, 9.17) is 15.2 Å². The van der Waals surface area contributed by atoms with Crippen molar-refractivity contribution in [3.63, 3.8) is 0 Å². The van der Waals surface area contributed by atoms with Crippen LogP contribution in [0.25, 0.3) is 0 Å². The van der Waals surface area contributed by atoms with Crippen molar-refractivity contribution in [1.82, 2.24) is 0 Å². The van der Waals surface area contributed by atoms with Crippen LogP contribution in [0.2, 0.25) is 0 Å². The molecule has 0 saturated heterocycles. The van der Waals surface area contributed by atoms with Crippen molar-refractivity contribution in [2.75, 3.05) is 7.11 Å². The summed E-state index contributed by atoms with van der Waals surface area (Å²) in [5, 5.41) is 0. The number of hydrogen-bond donors (Lipinski definition) is 1. The Bertz CT molecular complexity index is 807. The lowest BCUT2D eigenvalue weighted by molar-refractivity contribution is -0.176. The molecule has 4 nitrogen and oxygen atoms in total. The largest absolute Gasteiger partial charge is 0.497 e. The Morgan fingerprint density at radius 1 is 1.22 bits per heavy atom. The number of carbonyl (C=O) groups is 1. The number of ether oxygens (including phenoxy) is 2. The molecule has 3 saturated carbocycles. The first kappa shape index (κ1) is 17.5. The van der Waals surface area contributed by atoms with Crippen LogP contribution in [0.4, 0.5) is 0 Å². The number of methoxy groups -OCH3 is 1. The Hall–Kier alpha value is -1.55. The van der Waals surface area contributed by atoms with E-state index < -0.39 is 5.60 Å². The van der Waals surface area contributed by atoms with Crippen LogP contribution in [0, 0.1) is 16.7 Å². The minimum Gasteiger partial charge on any atom is -0.497 e. The van der Waals surface area contributed by atoms with Crippen molar-refractivity contribution in [2.45, 2.75) is 76.4 Å². The molecule has 3 fully saturated rings. The van der Waals surface area contributed by atoms with Crippen molar-refractivity contribution in [2.24, 2.45) is 22.5 Å². The van der Waals surface area contributed by atoms with Crippen LogP contribution in [0.1, 0.15) is 69.4 Å². The van der Waals surface area contributed by atoms with Crippen LogP contribution >= 0.6 is 0 Å². The van der Waals surface area contributed by atoms with Gasteiger partial charge in [0.1, 0.15) is 11.4 Å². The third-order valence-corrected chi connectivity index (χ3v) is 9.11. The molecule has 0 radical (unpaired) electrons. The Morgan fingerprint density at radius 2 is 2.04 bits per heavy atom. The Kier molecular flexibility index (Phi) is 3.57. The highest BCUT2D eigenvalue weighted by Gasteiger charge is 2.78. The molecule has 2 N–H and O–H groups in total. The molecule has 5 rings (SSSR count). The molecule has 0 heterocycles. The van der Waals surface area contributed by atoms with E-state index in [9.17, 15) is 4.79 Å².